The van der Waals surface area contributed by atoms with Crippen LogP contribution in [-0.4, -0.2) is 63.9 Å². The van der Waals surface area contributed by atoms with Gasteiger partial charge in [-0.05, 0) is 6.42 Å². The molecule has 0 aromatic carbocycles. The van der Waals surface area contributed by atoms with E-state index in [0.29, 0.717) is 18.1 Å². The number of anilines is 1. The van der Waals surface area contributed by atoms with Crippen LogP contribution in [0.5, 0.6) is 0 Å². The van der Waals surface area contributed by atoms with Crippen molar-refractivity contribution in [1.29, 1.82) is 0 Å². The lowest BCUT2D eigenvalue weighted by Crippen LogP contribution is -2.41. The van der Waals surface area contributed by atoms with Gasteiger partial charge in [0.15, 0.2) is 6.23 Å². The van der Waals surface area contributed by atoms with Crippen LogP contribution in [0.3, 0.4) is 0 Å². The Morgan fingerprint density at radius 2 is 2.03 bits per heavy atom. The largest absolute Gasteiger partial charge is 0.472 e. The lowest BCUT2D eigenvalue weighted by molar-refractivity contribution is -0.677. The van der Waals surface area contributed by atoms with Crippen LogP contribution in [0.2, 0.25) is 0 Å². The summed E-state index contributed by atoms with van der Waals surface area (Å²) in [5, 5.41) is 3.16. The molecular formula is C16H26N5O10P2+. The third-order valence-corrected chi connectivity index (χ3v) is 7.58. The van der Waals surface area contributed by atoms with Crippen LogP contribution in [0.1, 0.15) is 32.0 Å². The number of rotatable bonds is 9. The van der Waals surface area contributed by atoms with Gasteiger partial charge < -0.3 is 14.5 Å². The van der Waals surface area contributed by atoms with E-state index in [4.69, 9.17) is 13.8 Å². The Hall–Kier alpha value is -1.67. The Balaban J connectivity index is 1.70. The number of aromatic amines is 1. The number of nitrogens with one attached hydrogen (secondary N) is 2. The fourth-order valence-corrected chi connectivity index (χ4v) is 5.07. The van der Waals surface area contributed by atoms with Crippen LogP contribution >= 0.6 is 15.6 Å². The number of phosphoric ester groups is 2. The average Bonchev–Trinajstić information content (AvgIpc) is 3.48. The molecule has 6 atom stereocenters. The second kappa shape index (κ2) is 9.17. The quantitative estimate of drug-likeness (QED) is 0.272. The van der Waals surface area contributed by atoms with Gasteiger partial charge in [0.1, 0.15) is 24.6 Å². The topological polar surface area (TPSA) is 187 Å². The molecule has 2 aromatic heterocycles. The highest BCUT2D eigenvalue weighted by molar-refractivity contribution is 7.47. The molecular weight excluding hydrogens is 484 g/mol. The Morgan fingerprint density at radius 1 is 1.30 bits per heavy atom. The molecule has 2 aliphatic heterocycles. The molecule has 4 rings (SSSR count). The van der Waals surface area contributed by atoms with E-state index < -0.39 is 40.7 Å². The molecule has 0 amide bonds. The minimum Gasteiger partial charge on any atom is -0.340 e. The van der Waals surface area contributed by atoms with Crippen molar-refractivity contribution in [3.8, 4) is 0 Å². The Kier molecular flexibility index (Phi) is 6.80. The Labute approximate surface area is 187 Å². The molecule has 17 heteroatoms. The molecule has 1 saturated heterocycles. The molecule has 4 N–H and O–H groups in total. The third kappa shape index (κ3) is 4.78. The van der Waals surface area contributed by atoms with Crippen LogP contribution < -0.4 is 15.4 Å². The average molecular weight is 510 g/mol. The van der Waals surface area contributed by atoms with Crippen molar-refractivity contribution in [1.82, 2.24) is 14.5 Å². The molecule has 0 bridgehead atoms. The van der Waals surface area contributed by atoms with Crippen molar-refractivity contribution in [2.45, 2.75) is 44.2 Å². The van der Waals surface area contributed by atoms with Gasteiger partial charge in [-0.15, -0.1) is 0 Å². The van der Waals surface area contributed by atoms with Crippen molar-refractivity contribution in [2.24, 2.45) is 0 Å². The molecule has 15 nitrogen and oxygen atoms in total. The van der Waals surface area contributed by atoms with Gasteiger partial charge in [0.25, 0.3) is 0 Å². The third-order valence-electron chi connectivity index (χ3n) is 5.65. The van der Waals surface area contributed by atoms with Gasteiger partial charge in [-0.25, -0.2) is 28.2 Å². The summed E-state index contributed by atoms with van der Waals surface area (Å²) in [5.74, 6) is 0.535. The van der Waals surface area contributed by atoms with Crippen molar-refractivity contribution < 1.29 is 46.3 Å². The number of H-pyrrole nitrogens is 1. The zero-order valence-electron chi connectivity index (χ0n) is 18.1. The summed E-state index contributed by atoms with van der Waals surface area (Å²) in [5.41, 5.74) is 0.315. The fourth-order valence-electron chi connectivity index (χ4n) is 3.98. The number of imidazole rings is 1. The number of ether oxygens (including phenoxy) is 1. The molecule has 4 unspecified atom stereocenters. The SMILES string of the molecule is CCC1CNc2[nH]c(=O)c3ncn([C@H]4CC(OP(=O)(O)OC)[C@@H](COP(=O)(O)OC)O4)c3[n+]21. The van der Waals surface area contributed by atoms with Crippen molar-refractivity contribution in [2.75, 3.05) is 32.7 Å². The monoisotopic (exact) mass is 510 g/mol. The van der Waals surface area contributed by atoms with E-state index in [9.17, 15) is 23.7 Å². The zero-order chi connectivity index (χ0) is 24.0. The Morgan fingerprint density at radius 3 is 2.70 bits per heavy atom. The number of hydrogen-bond acceptors (Lipinski definition) is 10. The van der Waals surface area contributed by atoms with Crippen LogP contribution in [0.15, 0.2) is 11.1 Å². The summed E-state index contributed by atoms with van der Waals surface area (Å²) in [7, 11) is -6.73. The lowest BCUT2D eigenvalue weighted by atomic mass is 10.2. The minimum atomic E-state index is -4.41. The predicted molar refractivity (Wildman–Crippen MR) is 111 cm³/mol. The Bertz CT molecular complexity index is 1180. The zero-order valence-corrected chi connectivity index (χ0v) is 19.9. The minimum absolute atomic E-state index is 0.0441. The standard InChI is InChI=1S/C16H25N5O10P2/c1-4-9-6-17-16-19-14(22)13-15(21(9)16)20(8-18-13)12-5-10(31-33(25,26)28-3)11(30-12)7-29-32(23,24)27-2/h8-12H,4-7H2,1-3H3,(H3,17,19,22,23,24,25,26)/p+1/t9?,10?,11-,12-/m1/s1. The highest BCUT2D eigenvalue weighted by Crippen LogP contribution is 2.49. The smallest absolute Gasteiger partial charge is 0.340 e. The van der Waals surface area contributed by atoms with E-state index in [1.54, 1.807) is 4.57 Å². The second-order valence-corrected chi connectivity index (χ2v) is 10.6. The van der Waals surface area contributed by atoms with Crippen molar-refractivity contribution in [3.05, 3.63) is 16.7 Å². The summed E-state index contributed by atoms with van der Waals surface area (Å²) in [6.07, 6.45) is -0.594. The summed E-state index contributed by atoms with van der Waals surface area (Å²) in [6.45, 7) is 2.17. The van der Waals surface area contributed by atoms with E-state index >= 15 is 0 Å². The van der Waals surface area contributed by atoms with Gasteiger partial charge in [-0.1, -0.05) is 6.92 Å². The maximum atomic E-state index is 12.5. The van der Waals surface area contributed by atoms with Gasteiger partial charge >= 0.3 is 27.2 Å². The maximum absolute atomic E-state index is 12.5. The van der Waals surface area contributed by atoms with Gasteiger partial charge in [0.2, 0.25) is 11.2 Å². The number of nitrogens with zero attached hydrogens (tertiary/aromatic N) is 3. The number of hydrogen-bond donors (Lipinski definition) is 4. The molecule has 0 spiro atoms. The van der Waals surface area contributed by atoms with E-state index in [-0.39, 0.29) is 23.5 Å². The van der Waals surface area contributed by atoms with E-state index in [0.717, 1.165) is 20.6 Å². The molecule has 4 heterocycles. The van der Waals surface area contributed by atoms with Crippen LogP contribution in [0.4, 0.5) is 5.95 Å². The summed E-state index contributed by atoms with van der Waals surface area (Å²) >= 11 is 0. The maximum Gasteiger partial charge on any atom is 0.472 e. The van der Waals surface area contributed by atoms with Crippen LogP contribution in [0, 0.1) is 0 Å². The van der Waals surface area contributed by atoms with Gasteiger partial charge in [-0.2, -0.15) is 0 Å². The van der Waals surface area contributed by atoms with Crippen molar-refractivity contribution >= 4 is 32.8 Å². The van der Waals surface area contributed by atoms with Crippen LogP contribution in [0.25, 0.3) is 11.2 Å². The molecule has 2 aromatic rings. The lowest BCUT2D eigenvalue weighted by Gasteiger charge is -2.20. The first-order valence-electron chi connectivity index (χ1n) is 10.1. The van der Waals surface area contributed by atoms with E-state index in [2.05, 4.69) is 24.3 Å². The summed E-state index contributed by atoms with van der Waals surface area (Å²) < 4.78 is 52.3. The van der Waals surface area contributed by atoms with E-state index in [1.165, 1.54) is 6.33 Å². The molecule has 2 aliphatic rings. The van der Waals surface area contributed by atoms with Gasteiger partial charge in [0.05, 0.1) is 13.2 Å². The van der Waals surface area contributed by atoms with Crippen LogP contribution in [-0.2, 0) is 32.0 Å². The molecule has 1 fully saturated rings. The number of fused-ring (bicyclic) bond motifs is 3. The van der Waals surface area contributed by atoms with E-state index in [1.807, 2.05) is 11.5 Å². The molecule has 184 valence electrons. The molecule has 33 heavy (non-hydrogen) atoms. The molecule has 0 radical (unpaired) electrons. The molecule has 0 saturated carbocycles. The first kappa shape index (κ1) is 24.5. The first-order valence-corrected chi connectivity index (χ1v) is 13.1. The second-order valence-electron chi connectivity index (χ2n) is 7.55. The fraction of sp³-hybridized carbons (Fsp3) is 0.688. The molecule has 0 aliphatic carbocycles. The highest BCUT2D eigenvalue weighted by atomic mass is 31.2. The highest BCUT2D eigenvalue weighted by Gasteiger charge is 2.45. The summed E-state index contributed by atoms with van der Waals surface area (Å²) in [4.78, 5) is 38.9. The van der Waals surface area contributed by atoms with Crippen molar-refractivity contribution in [3.63, 3.8) is 0 Å². The van der Waals surface area contributed by atoms with Gasteiger partial charge in [-0.3, -0.25) is 28.2 Å². The first-order chi connectivity index (χ1) is 15.6. The summed E-state index contributed by atoms with van der Waals surface area (Å²) in [6, 6.07) is 0.0514. The van der Waals surface area contributed by atoms with Gasteiger partial charge in [0, 0.05) is 20.6 Å². The number of phosphoric acid groups is 2. The predicted octanol–water partition coefficient (Wildman–Crippen LogP) is 0.572. The normalized spacial score (nSPS) is 28.4. The number of aromatic nitrogens is 4.